The molecule has 2 heterocycles. The van der Waals surface area contributed by atoms with Crippen LogP contribution in [-0.4, -0.2) is 47.8 Å². The van der Waals surface area contributed by atoms with E-state index < -0.39 is 14.2 Å². The Balaban J connectivity index is 1.79. The zero-order chi connectivity index (χ0) is 22.1. The predicted octanol–water partition coefficient (Wildman–Crippen LogP) is 4.02. The van der Waals surface area contributed by atoms with Gasteiger partial charge < -0.3 is 15.1 Å². The molecule has 1 aliphatic heterocycles. The molecule has 1 aromatic heterocycles. The van der Waals surface area contributed by atoms with Gasteiger partial charge in [-0.2, -0.15) is 0 Å². The van der Waals surface area contributed by atoms with E-state index in [0.717, 1.165) is 37.3 Å². The number of amides is 1. The fourth-order valence-corrected chi connectivity index (χ4v) is 5.25. The van der Waals surface area contributed by atoms with Crippen molar-refractivity contribution in [3.8, 4) is 0 Å². The fourth-order valence-electron chi connectivity index (χ4n) is 3.89. The quantitative estimate of drug-likeness (QED) is 0.652. The van der Waals surface area contributed by atoms with Crippen LogP contribution < -0.4 is 5.73 Å². The average Bonchev–Trinajstić information content (AvgIpc) is 3.18. The zero-order valence-corrected chi connectivity index (χ0v) is 20.2. The van der Waals surface area contributed by atoms with Gasteiger partial charge in [0, 0.05) is 31.2 Å². The minimum atomic E-state index is -1.84. The summed E-state index contributed by atoms with van der Waals surface area (Å²) in [5, 5.41) is 0.186. The molecule has 0 unspecified atom stereocenters. The summed E-state index contributed by atoms with van der Waals surface area (Å²) < 4.78 is 6.77. The number of imidazole rings is 1. The highest BCUT2D eigenvalue weighted by Crippen LogP contribution is 2.39. The topological polar surface area (TPSA) is 84.2 Å². The van der Waals surface area contributed by atoms with Gasteiger partial charge in [0.05, 0.1) is 11.8 Å². The minimum absolute atomic E-state index is 0.186. The molecule has 7 heteroatoms. The van der Waals surface area contributed by atoms with E-state index in [1.807, 2.05) is 13.0 Å². The first-order valence-electron chi connectivity index (χ1n) is 10.8. The number of carbonyl (C=O) groups excluding carboxylic acids is 1. The molecule has 0 bridgehead atoms. The van der Waals surface area contributed by atoms with Crippen molar-refractivity contribution in [1.29, 1.82) is 0 Å². The second-order valence-electron chi connectivity index (χ2n) is 10.0. The Kier molecular flexibility index (Phi) is 6.55. The number of aromatic nitrogens is 2. The summed E-state index contributed by atoms with van der Waals surface area (Å²) in [6.07, 6.45) is 2.00. The minimum Gasteiger partial charge on any atom is -0.413 e. The molecule has 3 N–H and O–H groups in total. The van der Waals surface area contributed by atoms with Gasteiger partial charge in [0.1, 0.15) is 0 Å². The summed E-state index contributed by atoms with van der Waals surface area (Å²) in [4.78, 5) is 21.5. The highest BCUT2D eigenvalue weighted by molar-refractivity contribution is 6.74. The third kappa shape index (κ3) is 5.20. The molecule has 0 radical (unpaired) electrons. The van der Waals surface area contributed by atoms with Crippen LogP contribution in [0.3, 0.4) is 0 Å². The van der Waals surface area contributed by atoms with E-state index in [-0.39, 0.29) is 17.0 Å². The van der Waals surface area contributed by atoms with Crippen LogP contribution in [-0.2, 0) is 17.4 Å². The van der Waals surface area contributed by atoms with Crippen LogP contribution >= 0.6 is 0 Å². The molecule has 1 aliphatic rings. The van der Waals surface area contributed by atoms with E-state index in [9.17, 15) is 4.79 Å². The lowest BCUT2D eigenvalue weighted by molar-refractivity contribution is 0.0991. The van der Waals surface area contributed by atoms with Gasteiger partial charge in [-0.15, -0.1) is 0 Å². The Labute approximate surface area is 181 Å². The molecular weight excluding hydrogens is 392 g/mol. The first-order chi connectivity index (χ1) is 14.0. The zero-order valence-electron chi connectivity index (χ0n) is 19.2. The van der Waals surface area contributed by atoms with Crippen LogP contribution in [0, 0.1) is 6.92 Å². The van der Waals surface area contributed by atoms with E-state index in [0.29, 0.717) is 6.04 Å². The van der Waals surface area contributed by atoms with Crippen LogP contribution in [0.25, 0.3) is 0 Å². The Morgan fingerprint density at radius 3 is 2.53 bits per heavy atom. The second kappa shape index (κ2) is 8.65. The number of aryl methyl sites for hydroxylation is 1. The molecule has 0 saturated carbocycles. The summed E-state index contributed by atoms with van der Waals surface area (Å²) in [7, 11) is -1.84. The SMILES string of the molecule is Cc1nc(C(N)=O)[nH]c1C[C@@H]1C[C@@H](O[Si](C)(C)C(C)(C)C)CN1Cc1ccccc1. The third-order valence-electron chi connectivity index (χ3n) is 6.64. The van der Waals surface area contributed by atoms with Crippen LogP contribution in [0.15, 0.2) is 30.3 Å². The van der Waals surface area contributed by atoms with E-state index in [2.05, 4.69) is 73.0 Å². The number of H-pyrrole nitrogens is 1. The number of nitrogens with one attached hydrogen (secondary N) is 1. The molecule has 1 fully saturated rings. The van der Waals surface area contributed by atoms with E-state index in [1.165, 1.54) is 5.56 Å². The number of carbonyl (C=O) groups is 1. The fraction of sp³-hybridized carbons (Fsp3) is 0.565. The Bertz CT molecular complexity index is 873. The molecule has 164 valence electrons. The second-order valence-corrected chi connectivity index (χ2v) is 14.8. The first kappa shape index (κ1) is 22.7. The molecule has 2 atom stereocenters. The van der Waals surface area contributed by atoms with Crippen molar-refractivity contribution in [3.63, 3.8) is 0 Å². The van der Waals surface area contributed by atoms with Crippen molar-refractivity contribution < 1.29 is 9.22 Å². The monoisotopic (exact) mass is 428 g/mol. The Hall–Kier alpha value is -1.96. The van der Waals surface area contributed by atoms with Gasteiger partial charge in [0.2, 0.25) is 0 Å². The number of hydrogen-bond donors (Lipinski definition) is 2. The number of hydrogen-bond acceptors (Lipinski definition) is 4. The van der Waals surface area contributed by atoms with Crippen molar-refractivity contribution in [1.82, 2.24) is 14.9 Å². The van der Waals surface area contributed by atoms with Gasteiger partial charge in [-0.05, 0) is 37.0 Å². The van der Waals surface area contributed by atoms with Crippen molar-refractivity contribution in [2.75, 3.05) is 6.54 Å². The van der Waals surface area contributed by atoms with Crippen LogP contribution in [0.1, 0.15) is 54.8 Å². The first-order valence-corrected chi connectivity index (χ1v) is 13.7. The predicted molar refractivity (Wildman–Crippen MR) is 123 cm³/mol. The summed E-state index contributed by atoms with van der Waals surface area (Å²) in [5.41, 5.74) is 8.54. The van der Waals surface area contributed by atoms with Gasteiger partial charge in [-0.1, -0.05) is 51.1 Å². The lowest BCUT2D eigenvalue weighted by Crippen LogP contribution is -2.44. The number of benzene rings is 1. The van der Waals surface area contributed by atoms with Crippen molar-refractivity contribution in [2.24, 2.45) is 5.73 Å². The molecule has 3 rings (SSSR count). The molecule has 1 aromatic carbocycles. The largest absolute Gasteiger partial charge is 0.413 e. The molecular formula is C23H36N4O2Si. The number of rotatable bonds is 7. The summed E-state index contributed by atoms with van der Waals surface area (Å²) in [6, 6.07) is 10.9. The van der Waals surface area contributed by atoms with Gasteiger partial charge in [0.15, 0.2) is 14.1 Å². The standard InChI is InChI=1S/C23H36N4O2Si/c1-16-20(26-22(25-16)21(24)28)13-18-12-19(29-30(5,6)23(2,3)4)15-27(18)14-17-10-8-7-9-11-17/h7-11,18-19H,12-15H2,1-6H3,(H2,24,28)(H,25,26)/t18-,19+/m0/s1. The molecule has 0 spiro atoms. The molecule has 30 heavy (non-hydrogen) atoms. The van der Waals surface area contributed by atoms with Crippen LogP contribution in [0.4, 0.5) is 0 Å². The smallest absolute Gasteiger partial charge is 0.284 e. The van der Waals surface area contributed by atoms with Crippen molar-refractivity contribution >= 4 is 14.2 Å². The molecule has 2 aromatic rings. The number of nitrogens with two attached hydrogens (primary N) is 1. The Morgan fingerprint density at radius 2 is 1.97 bits per heavy atom. The molecule has 0 aliphatic carbocycles. The van der Waals surface area contributed by atoms with E-state index in [4.69, 9.17) is 10.2 Å². The van der Waals surface area contributed by atoms with E-state index >= 15 is 0 Å². The van der Waals surface area contributed by atoms with Crippen molar-refractivity contribution in [3.05, 3.63) is 53.1 Å². The molecule has 1 saturated heterocycles. The normalized spacial score (nSPS) is 20.6. The van der Waals surface area contributed by atoms with Crippen LogP contribution in [0.2, 0.25) is 18.1 Å². The third-order valence-corrected chi connectivity index (χ3v) is 11.2. The summed E-state index contributed by atoms with van der Waals surface area (Å²) in [5.74, 6) is -0.278. The van der Waals surface area contributed by atoms with Gasteiger partial charge in [0.25, 0.3) is 5.91 Å². The lowest BCUT2D eigenvalue weighted by atomic mass is 10.1. The van der Waals surface area contributed by atoms with Crippen LogP contribution in [0.5, 0.6) is 0 Å². The maximum Gasteiger partial charge on any atom is 0.284 e. The summed E-state index contributed by atoms with van der Waals surface area (Å²) >= 11 is 0. The highest BCUT2D eigenvalue weighted by atomic mass is 28.4. The van der Waals surface area contributed by atoms with Gasteiger partial charge >= 0.3 is 0 Å². The average molecular weight is 429 g/mol. The maximum atomic E-state index is 11.5. The Morgan fingerprint density at radius 1 is 1.30 bits per heavy atom. The van der Waals surface area contributed by atoms with E-state index in [1.54, 1.807) is 0 Å². The van der Waals surface area contributed by atoms with Crippen molar-refractivity contribution in [2.45, 2.75) is 77.4 Å². The number of primary amides is 1. The number of nitrogens with zero attached hydrogens (tertiary/aromatic N) is 2. The van der Waals surface area contributed by atoms with Gasteiger partial charge in [-0.25, -0.2) is 4.98 Å². The number of likely N-dealkylation sites (tertiary alicyclic amines) is 1. The van der Waals surface area contributed by atoms with Gasteiger partial charge in [-0.3, -0.25) is 9.69 Å². The highest BCUT2D eigenvalue weighted by Gasteiger charge is 2.42. The lowest BCUT2D eigenvalue weighted by Gasteiger charge is -2.38. The molecule has 1 amide bonds. The maximum absolute atomic E-state index is 11.5. The number of aromatic amines is 1. The molecule has 6 nitrogen and oxygen atoms in total. The summed E-state index contributed by atoms with van der Waals surface area (Å²) in [6.45, 7) is 15.2.